The van der Waals surface area contributed by atoms with Crippen LogP contribution in [-0.2, 0) is 0 Å². The SMILES string of the molecule is F[B-](F)(F)F.[Ra]. The third-order valence-corrected chi connectivity index (χ3v) is 0. The summed E-state index contributed by atoms with van der Waals surface area (Å²) >= 11 is 0. The van der Waals surface area contributed by atoms with Gasteiger partial charge in [-0.1, -0.05) is 0 Å². The van der Waals surface area contributed by atoms with Gasteiger partial charge in [0.25, 0.3) is 0 Å². The molecule has 0 unspecified atom stereocenters. The predicted molar refractivity (Wildman–Crippen MR) is 10.2 cm³/mol. The van der Waals surface area contributed by atoms with Crippen molar-refractivity contribution in [2.45, 2.75) is 0 Å². The molecule has 0 fully saturated rings. The van der Waals surface area contributed by atoms with E-state index < -0.39 is 7.25 Å². The molecule has 0 rings (SSSR count). The van der Waals surface area contributed by atoms with Crippen LogP contribution < -0.4 is 0 Å². The third kappa shape index (κ3) is 60.5. The maximum atomic E-state index is 9.75. The molecule has 0 atom stereocenters. The molecule has 34 valence electrons. The fourth-order valence-corrected chi connectivity index (χ4v) is 0. The molecule has 0 spiro atoms. The van der Waals surface area contributed by atoms with Crippen molar-refractivity contribution in [2.75, 3.05) is 0 Å². The molecule has 0 aliphatic heterocycles. The molecular formula is BF4Ra-. The van der Waals surface area contributed by atoms with Crippen molar-refractivity contribution in [3.8, 4) is 0 Å². The molecule has 0 aromatic carbocycles. The molecule has 6 heteroatoms. The number of hydrogen-bond donors (Lipinski definition) is 0. The number of rotatable bonds is 0. The number of halogens is 4. The summed E-state index contributed by atoms with van der Waals surface area (Å²) in [6.45, 7) is 0. The first-order valence-electron chi connectivity index (χ1n) is 0.873. The van der Waals surface area contributed by atoms with E-state index in [1.165, 1.54) is 0 Å². The van der Waals surface area contributed by atoms with Crippen LogP contribution in [0.2, 0.25) is 0 Å². The molecule has 2 radical (unpaired) electrons. The smallest absolute Gasteiger partial charge is 0.418 e. The van der Waals surface area contributed by atoms with Crippen molar-refractivity contribution in [2.24, 2.45) is 0 Å². The van der Waals surface area contributed by atoms with E-state index in [9.17, 15) is 17.3 Å². The average Bonchev–Trinajstić information content (AvgIpc) is 0.722. The predicted octanol–water partition coefficient (Wildman–Crippen LogP) is 1.30. The van der Waals surface area contributed by atoms with E-state index in [0.29, 0.717) is 0 Å². The summed E-state index contributed by atoms with van der Waals surface area (Å²) in [5.74, 6) is 0. The quantitative estimate of drug-likeness (QED) is 0.467. The van der Waals surface area contributed by atoms with Gasteiger partial charge >= 0.3 is 7.25 Å². The standard InChI is InChI=1S/BF4.Ra/c2-1(3,4)5;/q-1;. The summed E-state index contributed by atoms with van der Waals surface area (Å²) in [6, 6.07) is 0. The van der Waals surface area contributed by atoms with E-state index in [0.717, 1.165) is 0 Å². The van der Waals surface area contributed by atoms with Crippen LogP contribution in [0.4, 0.5) is 17.3 Å². The Morgan fingerprint density at radius 2 is 0.833 bits per heavy atom. The largest absolute Gasteiger partial charge is 0.673 e. The summed E-state index contributed by atoms with van der Waals surface area (Å²) in [7, 11) is -6.00. The van der Waals surface area contributed by atoms with Crippen LogP contribution in [-0.4, -0.2) is 7.25 Å². The Morgan fingerprint density at radius 3 is 0.833 bits per heavy atom. The summed E-state index contributed by atoms with van der Waals surface area (Å²) in [5, 5.41) is 0. The zero-order valence-corrected chi connectivity index (χ0v) is 8.61. The Bertz CT molecular complexity index is 23.0. The van der Waals surface area contributed by atoms with Gasteiger partial charge in [-0.3, -0.25) is 0 Å². The van der Waals surface area contributed by atoms with Gasteiger partial charge in [0.2, 0.25) is 0 Å². The minimum atomic E-state index is -6.00. The van der Waals surface area contributed by atoms with Crippen LogP contribution in [0, 0.1) is 45.0 Å². The zero-order chi connectivity index (χ0) is 4.50. The molecule has 0 bridgehead atoms. The molecule has 0 aliphatic carbocycles. The number of hydrogen-bond acceptors (Lipinski definition) is 0. The molecule has 0 aromatic heterocycles. The fraction of sp³-hybridized carbons (Fsp3) is 0. The van der Waals surface area contributed by atoms with Gasteiger partial charge in [-0.2, -0.15) is 0 Å². The van der Waals surface area contributed by atoms with E-state index in [1.807, 2.05) is 0 Å². The summed E-state index contributed by atoms with van der Waals surface area (Å²) in [6.07, 6.45) is 0. The molecule has 0 N–H and O–H groups in total. The van der Waals surface area contributed by atoms with Gasteiger partial charge in [0.15, 0.2) is 0 Å². The van der Waals surface area contributed by atoms with Gasteiger partial charge in [0.1, 0.15) is 0 Å². The molecular weight excluding hydrogens is 313 g/mol. The van der Waals surface area contributed by atoms with E-state index in [1.54, 1.807) is 0 Å². The maximum absolute atomic E-state index is 9.75. The van der Waals surface area contributed by atoms with Gasteiger partial charge in [0, 0.05) is 45.0 Å². The second kappa shape index (κ2) is 3.28. The van der Waals surface area contributed by atoms with Crippen molar-refractivity contribution >= 4 is 7.25 Å². The summed E-state index contributed by atoms with van der Waals surface area (Å²) in [5.41, 5.74) is 0. The fourth-order valence-electron chi connectivity index (χ4n) is 0. The normalized spacial score (nSPS) is 10.0. The molecule has 0 saturated carbocycles. The molecule has 0 aromatic rings. The minimum absolute atomic E-state index is 0. The van der Waals surface area contributed by atoms with Gasteiger partial charge in [-0.05, 0) is 0 Å². The zero-order valence-electron chi connectivity index (χ0n) is 2.80. The van der Waals surface area contributed by atoms with Crippen LogP contribution in [0.3, 0.4) is 0 Å². The molecule has 0 nitrogen and oxygen atoms in total. The first-order valence-corrected chi connectivity index (χ1v) is 0.873. The third-order valence-electron chi connectivity index (χ3n) is 0. The molecule has 6 heavy (non-hydrogen) atoms. The Hall–Kier alpha value is 1.25. The summed E-state index contributed by atoms with van der Waals surface area (Å²) in [4.78, 5) is 0. The minimum Gasteiger partial charge on any atom is -0.418 e. The van der Waals surface area contributed by atoms with Crippen LogP contribution >= 0.6 is 0 Å². The first kappa shape index (κ1) is 10.3. The summed E-state index contributed by atoms with van der Waals surface area (Å²) < 4.78 is 39.0. The molecule has 0 saturated heterocycles. The van der Waals surface area contributed by atoms with Gasteiger partial charge < -0.3 is 17.3 Å². The van der Waals surface area contributed by atoms with E-state index in [4.69, 9.17) is 0 Å². The van der Waals surface area contributed by atoms with Crippen molar-refractivity contribution < 1.29 is 62.3 Å². The monoisotopic (exact) mass is 313 g/mol. The van der Waals surface area contributed by atoms with Crippen molar-refractivity contribution in [3.05, 3.63) is 0 Å². The van der Waals surface area contributed by atoms with Crippen LogP contribution in [0.1, 0.15) is 0 Å². The average molecular weight is 313 g/mol. The van der Waals surface area contributed by atoms with E-state index >= 15 is 0 Å². The van der Waals surface area contributed by atoms with Crippen molar-refractivity contribution in [1.82, 2.24) is 0 Å². The van der Waals surface area contributed by atoms with E-state index in [-0.39, 0.29) is 45.0 Å². The Morgan fingerprint density at radius 1 is 0.833 bits per heavy atom. The topological polar surface area (TPSA) is 0 Å². The van der Waals surface area contributed by atoms with Crippen LogP contribution in [0.25, 0.3) is 0 Å². The first-order chi connectivity index (χ1) is 2.00. The Kier molecular flexibility index (Phi) is 5.62. The van der Waals surface area contributed by atoms with Crippen molar-refractivity contribution in [3.63, 3.8) is 0 Å². The second-order valence-electron chi connectivity index (χ2n) is 0.495. The van der Waals surface area contributed by atoms with E-state index in [2.05, 4.69) is 0 Å². The Labute approximate surface area is 68.8 Å². The molecule has 0 amide bonds. The van der Waals surface area contributed by atoms with Crippen LogP contribution in [0.5, 0.6) is 0 Å². The second-order valence-corrected chi connectivity index (χ2v) is 0.495. The molecule has 0 heterocycles. The Balaban J connectivity index is 0. The van der Waals surface area contributed by atoms with Gasteiger partial charge in [-0.25, -0.2) is 0 Å². The van der Waals surface area contributed by atoms with Crippen LogP contribution in [0.15, 0.2) is 0 Å². The van der Waals surface area contributed by atoms with Gasteiger partial charge in [-0.15, -0.1) is 0 Å². The molecule has 0 aliphatic rings. The van der Waals surface area contributed by atoms with Crippen molar-refractivity contribution in [1.29, 1.82) is 0 Å². The maximum Gasteiger partial charge on any atom is 0.673 e. The van der Waals surface area contributed by atoms with Gasteiger partial charge in [0.05, 0.1) is 0 Å².